The lowest BCUT2D eigenvalue weighted by molar-refractivity contribution is -0.142. The Kier molecular flexibility index (Phi) is 3.89. The number of carboxylic acid groups (broad SMARTS) is 1. The molecule has 0 aromatic rings. The molecule has 1 unspecified atom stereocenters. The maximum atomic E-state index is 10.7. The van der Waals surface area contributed by atoms with Crippen LogP contribution in [-0.2, 0) is 9.53 Å². The zero-order valence-corrected chi connectivity index (χ0v) is 8.53. The largest absolute Gasteiger partial charge is 0.481 e. The van der Waals surface area contributed by atoms with Crippen molar-refractivity contribution < 1.29 is 19.7 Å². The zero-order valence-electron chi connectivity index (χ0n) is 8.53. The summed E-state index contributed by atoms with van der Waals surface area (Å²) < 4.78 is 5.22. The zero-order chi connectivity index (χ0) is 10.6. The summed E-state index contributed by atoms with van der Waals surface area (Å²) in [5.74, 6) is -0.578. The van der Waals surface area contributed by atoms with Crippen molar-refractivity contribution in [2.24, 2.45) is 11.3 Å². The predicted molar refractivity (Wildman–Crippen MR) is 51.0 cm³/mol. The summed E-state index contributed by atoms with van der Waals surface area (Å²) in [5.41, 5.74) is -0.490. The van der Waals surface area contributed by atoms with E-state index >= 15 is 0 Å². The van der Waals surface area contributed by atoms with E-state index in [1.807, 2.05) is 6.92 Å². The van der Waals surface area contributed by atoms with Gasteiger partial charge in [0.15, 0.2) is 0 Å². The summed E-state index contributed by atoms with van der Waals surface area (Å²) in [5, 5.41) is 18.1. The van der Waals surface area contributed by atoms with Gasteiger partial charge in [0.2, 0.25) is 0 Å². The Morgan fingerprint density at radius 1 is 1.50 bits per heavy atom. The maximum Gasteiger partial charge on any atom is 0.303 e. The molecule has 0 aliphatic carbocycles. The number of ether oxygens (including phenoxy) is 1. The van der Waals surface area contributed by atoms with Gasteiger partial charge in [-0.2, -0.15) is 0 Å². The van der Waals surface area contributed by atoms with Crippen LogP contribution in [0.2, 0.25) is 0 Å². The van der Waals surface area contributed by atoms with Gasteiger partial charge in [-0.05, 0) is 18.8 Å². The Bertz CT molecular complexity index is 198. The lowest BCUT2D eigenvalue weighted by atomic mass is 9.71. The van der Waals surface area contributed by atoms with Gasteiger partial charge in [0.25, 0.3) is 0 Å². The quantitative estimate of drug-likeness (QED) is 0.710. The molecule has 0 radical (unpaired) electrons. The van der Waals surface area contributed by atoms with Gasteiger partial charge in [-0.25, -0.2) is 0 Å². The summed E-state index contributed by atoms with van der Waals surface area (Å²) in [4.78, 5) is 10.7. The van der Waals surface area contributed by atoms with E-state index in [0.717, 1.165) is 12.8 Å². The van der Waals surface area contributed by atoms with Crippen LogP contribution >= 0.6 is 0 Å². The molecule has 1 aliphatic rings. The van der Waals surface area contributed by atoms with Gasteiger partial charge in [-0.3, -0.25) is 4.79 Å². The highest BCUT2D eigenvalue weighted by Gasteiger charge is 2.36. The third-order valence-corrected chi connectivity index (χ3v) is 3.12. The van der Waals surface area contributed by atoms with Crippen LogP contribution in [0.15, 0.2) is 0 Å². The van der Waals surface area contributed by atoms with Crippen LogP contribution in [0.3, 0.4) is 0 Å². The standard InChI is InChI=1S/C10H18O4/c1-10(7-11,6-9(12)13)8-2-4-14-5-3-8/h8,11H,2-7H2,1H3,(H,12,13). The lowest BCUT2D eigenvalue weighted by Crippen LogP contribution is -2.37. The van der Waals surface area contributed by atoms with Gasteiger partial charge in [0.1, 0.15) is 0 Å². The molecular weight excluding hydrogens is 184 g/mol. The fourth-order valence-corrected chi connectivity index (χ4v) is 2.07. The van der Waals surface area contributed by atoms with E-state index in [9.17, 15) is 9.90 Å². The Balaban J connectivity index is 2.61. The SMILES string of the molecule is CC(CO)(CC(=O)O)C1CCOCC1. The topological polar surface area (TPSA) is 66.8 Å². The Labute approximate surface area is 83.9 Å². The molecule has 0 saturated carbocycles. The number of aliphatic hydroxyl groups is 1. The van der Waals surface area contributed by atoms with Crippen LogP contribution in [0.5, 0.6) is 0 Å². The summed E-state index contributed by atoms with van der Waals surface area (Å²) >= 11 is 0. The molecule has 1 rings (SSSR count). The van der Waals surface area contributed by atoms with Crippen molar-refractivity contribution in [1.82, 2.24) is 0 Å². The summed E-state index contributed by atoms with van der Waals surface area (Å²) in [6.45, 7) is 3.14. The van der Waals surface area contributed by atoms with Crippen LogP contribution in [-0.4, -0.2) is 36.0 Å². The van der Waals surface area contributed by atoms with Crippen molar-refractivity contribution in [3.05, 3.63) is 0 Å². The van der Waals surface area contributed by atoms with Crippen LogP contribution in [0.1, 0.15) is 26.2 Å². The van der Waals surface area contributed by atoms with E-state index in [4.69, 9.17) is 9.84 Å². The van der Waals surface area contributed by atoms with Crippen molar-refractivity contribution >= 4 is 5.97 Å². The second-order valence-corrected chi connectivity index (χ2v) is 4.27. The first-order chi connectivity index (χ1) is 6.58. The average molecular weight is 202 g/mol. The first kappa shape index (κ1) is 11.5. The second kappa shape index (κ2) is 4.75. The average Bonchev–Trinajstić information content (AvgIpc) is 2.18. The fraction of sp³-hybridized carbons (Fsp3) is 0.900. The van der Waals surface area contributed by atoms with E-state index in [2.05, 4.69) is 0 Å². The number of carboxylic acids is 1. The van der Waals surface area contributed by atoms with Crippen molar-refractivity contribution in [3.63, 3.8) is 0 Å². The van der Waals surface area contributed by atoms with E-state index in [1.165, 1.54) is 0 Å². The first-order valence-corrected chi connectivity index (χ1v) is 4.99. The molecule has 1 atom stereocenters. The second-order valence-electron chi connectivity index (χ2n) is 4.27. The smallest absolute Gasteiger partial charge is 0.303 e. The van der Waals surface area contributed by atoms with Crippen molar-refractivity contribution in [2.75, 3.05) is 19.8 Å². The molecule has 1 saturated heterocycles. The number of carbonyl (C=O) groups is 1. The minimum Gasteiger partial charge on any atom is -0.481 e. The third-order valence-electron chi connectivity index (χ3n) is 3.12. The van der Waals surface area contributed by atoms with Gasteiger partial charge in [-0.15, -0.1) is 0 Å². The van der Waals surface area contributed by atoms with E-state index in [-0.39, 0.29) is 18.9 Å². The number of aliphatic hydroxyl groups excluding tert-OH is 1. The van der Waals surface area contributed by atoms with E-state index in [1.54, 1.807) is 0 Å². The molecule has 1 heterocycles. The molecule has 0 bridgehead atoms. The number of hydrogen-bond donors (Lipinski definition) is 2. The Hall–Kier alpha value is -0.610. The van der Waals surface area contributed by atoms with Gasteiger partial charge in [0, 0.05) is 25.2 Å². The highest BCUT2D eigenvalue weighted by molar-refractivity contribution is 5.67. The molecule has 4 nitrogen and oxygen atoms in total. The number of hydrogen-bond acceptors (Lipinski definition) is 3. The summed E-state index contributed by atoms with van der Waals surface area (Å²) in [7, 11) is 0. The number of aliphatic carboxylic acids is 1. The minimum absolute atomic E-state index is 0.0359. The molecule has 82 valence electrons. The van der Waals surface area contributed by atoms with Crippen LogP contribution in [0.25, 0.3) is 0 Å². The molecule has 0 amide bonds. The van der Waals surface area contributed by atoms with Crippen LogP contribution in [0, 0.1) is 11.3 Å². The molecular formula is C10H18O4. The highest BCUT2D eigenvalue weighted by atomic mass is 16.5. The normalized spacial score (nSPS) is 23.0. The molecule has 0 aromatic heterocycles. The maximum absolute atomic E-state index is 10.7. The van der Waals surface area contributed by atoms with Crippen LogP contribution in [0.4, 0.5) is 0 Å². The van der Waals surface area contributed by atoms with Crippen molar-refractivity contribution in [1.29, 1.82) is 0 Å². The van der Waals surface area contributed by atoms with Crippen molar-refractivity contribution in [2.45, 2.75) is 26.2 Å². The Morgan fingerprint density at radius 3 is 2.50 bits per heavy atom. The van der Waals surface area contributed by atoms with Gasteiger partial charge in [0.05, 0.1) is 6.42 Å². The van der Waals surface area contributed by atoms with E-state index < -0.39 is 11.4 Å². The predicted octanol–water partition coefficient (Wildman–Crippen LogP) is 0.886. The van der Waals surface area contributed by atoms with Gasteiger partial charge < -0.3 is 14.9 Å². The van der Waals surface area contributed by atoms with Gasteiger partial charge in [-0.1, -0.05) is 6.92 Å². The molecule has 0 aromatic carbocycles. The molecule has 2 N–H and O–H groups in total. The fourth-order valence-electron chi connectivity index (χ4n) is 2.07. The van der Waals surface area contributed by atoms with Gasteiger partial charge >= 0.3 is 5.97 Å². The minimum atomic E-state index is -0.840. The molecule has 1 aliphatic heterocycles. The monoisotopic (exact) mass is 202 g/mol. The molecule has 0 spiro atoms. The third kappa shape index (κ3) is 2.69. The Morgan fingerprint density at radius 2 is 2.07 bits per heavy atom. The molecule has 1 fully saturated rings. The first-order valence-electron chi connectivity index (χ1n) is 4.99. The number of rotatable bonds is 4. The van der Waals surface area contributed by atoms with E-state index in [0.29, 0.717) is 13.2 Å². The summed E-state index contributed by atoms with van der Waals surface area (Å²) in [6.07, 6.45) is 1.74. The molecule has 4 heteroatoms. The van der Waals surface area contributed by atoms with Crippen LogP contribution < -0.4 is 0 Å². The van der Waals surface area contributed by atoms with Crippen molar-refractivity contribution in [3.8, 4) is 0 Å². The lowest BCUT2D eigenvalue weighted by Gasteiger charge is -2.37. The highest BCUT2D eigenvalue weighted by Crippen LogP contribution is 2.37. The summed E-state index contributed by atoms with van der Waals surface area (Å²) in [6, 6.07) is 0. The molecule has 14 heavy (non-hydrogen) atoms.